The van der Waals surface area contributed by atoms with Gasteiger partial charge in [-0.05, 0) is 56.9 Å². The Kier molecular flexibility index (Phi) is 5.04. The Morgan fingerprint density at radius 3 is 2.58 bits per heavy atom. The minimum atomic E-state index is 0.0569. The van der Waals surface area contributed by atoms with Crippen molar-refractivity contribution in [2.45, 2.75) is 39.7 Å². The smallest absolute Gasteiger partial charge is 0.254 e. The first-order valence-corrected chi connectivity index (χ1v) is 11.1. The van der Waals surface area contributed by atoms with Gasteiger partial charge >= 0.3 is 0 Å². The number of carbonyl (C=O) groups excluding carboxylic acids is 1. The lowest BCUT2D eigenvalue weighted by Crippen LogP contribution is -2.38. The highest BCUT2D eigenvalue weighted by atomic mass is 16.6. The maximum absolute atomic E-state index is 13.5. The molecule has 1 amide bonds. The quantitative estimate of drug-likeness (QED) is 0.631. The lowest BCUT2D eigenvalue weighted by atomic mass is 9.98. The van der Waals surface area contributed by atoms with Gasteiger partial charge in [-0.2, -0.15) is 5.10 Å². The third-order valence-electron chi connectivity index (χ3n) is 6.20. The number of benzene rings is 1. The van der Waals surface area contributed by atoms with Crippen LogP contribution in [0.1, 0.15) is 50.0 Å². The van der Waals surface area contributed by atoms with E-state index in [-0.39, 0.29) is 11.9 Å². The molecule has 2 aliphatic rings. The summed E-state index contributed by atoms with van der Waals surface area (Å²) < 4.78 is 13.3. The van der Waals surface area contributed by atoms with Crippen molar-refractivity contribution in [3.8, 4) is 22.8 Å². The molecule has 0 N–H and O–H groups in total. The molecule has 3 aromatic rings. The van der Waals surface area contributed by atoms with E-state index >= 15 is 0 Å². The van der Waals surface area contributed by atoms with Crippen LogP contribution in [0.5, 0.6) is 11.5 Å². The van der Waals surface area contributed by atoms with E-state index in [4.69, 9.17) is 14.5 Å². The van der Waals surface area contributed by atoms with Crippen LogP contribution in [0, 0.1) is 5.92 Å². The monoisotopic (exact) mass is 420 g/mol. The molecule has 7 nitrogen and oxygen atoms in total. The van der Waals surface area contributed by atoms with Crippen molar-refractivity contribution in [2.75, 3.05) is 26.3 Å². The average molecular weight is 421 g/mol. The van der Waals surface area contributed by atoms with E-state index in [0.29, 0.717) is 30.4 Å². The van der Waals surface area contributed by atoms with Crippen molar-refractivity contribution < 1.29 is 14.3 Å². The number of hydrogen-bond donors (Lipinski definition) is 0. The maximum Gasteiger partial charge on any atom is 0.254 e. The zero-order chi connectivity index (χ0) is 21.5. The molecule has 2 aliphatic heterocycles. The SMILES string of the molecule is CC1CCN(C(=O)c2cc(-c3ccc4c(c3)OCCO4)nc3c2cnn3C(C)C)CC1. The Bertz CT molecular complexity index is 1130. The highest BCUT2D eigenvalue weighted by Gasteiger charge is 2.26. The van der Waals surface area contributed by atoms with Crippen LogP contribution in [0.25, 0.3) is 22.3 Å². The van der Waals surface area contributed by atoms with Crippen LogP contribution in [0.15, 0.2) is 30.5 Å². The molecule has 0 aliphatic carbocycles. The summed E-state index contributed by atoms with van der Waals surface area (Å²) in [6.45, 7) is 9.05. The fourth-order valence-corrected chi connectivity index (χ4v) is 4.31. The number of ether oxygens (including phenoxy) is 2. The predicted octanol–water partition coefficient (Wildman–Crippen LogP) is 4.32. The van der Waals surface area contributed by atoms with E-state index in [9.17, 15) is 4.79 Å². The number of carbonyl (C=O) groups is 1. The summed E-state index contributed by atoms with van der Waals surface area (Å²) in [5, 5.41) is 5.34. The van der Waals surface area contributed by atoms with Crippen LogP contribution in [-0.2, 0) is 0 Å². The Morgan fingerprint density at radius 1 is 1.10 bits per heavy atom. The van der Waals surface area contributed by atoms with Gasteiger partial charge in [0, 0.05) is 24.7 Å². The molecular weight excluding hydrogens is 392 g/mol. The molecular formula is C24H28N4O3. The van der Waals surface area contributed by atoms with E-state index in [1.54, 1.807) is 6.20 Å². The topological polar surface area (TPSA) is 69.5 Å². The van der Waals surface area contributed by atoms with Crippen molar-refractivity contribution in [2.24, 2.45) is 5.92 Å². The molecule has 2 aromatic heterocycles. The van der Waals surface area contributed by atoms with Crippen molar-refractivity contribution in [1.82, 2.24) is 19.7 Å². The van der Waals surface area contributed by atoms with E-state index in [1.807, 2.05) is 33.8 Å². The number of hydrogen-bond acceptors (Lipinski definition) is 5. The molecule has 0 unspecified atom stereocenters. The van der Waals surface area contributed by atoms with Gasteiger partial charge in [0.2, 0.25) is 0 Å². The molecule has 1 aromatic carbocycles. The largest absolute Gasteiger partial charge is 0.486 e. The molecule has 0 atom stereocenters. The van der Waals surface area contributed by atoms with Crippen LogP contribution in [0.3, 0.4) is 0 Å². The highest BCUT2D eigenvalue weighted by molar-refractivity contribution is 6.06. The predicted molar refractivity (Wildman–Crippen MR) is 119 cm³/mol. The molecule has 0 radical (unpaired) electrons. The molecule has 0 spiro atoms. The summed E-state index contributed by atoms with van der Waals surface area (Å²) >= 11 is 0. The summed E-state index contributed by atoms with van der Waals surface area (Å²) in [6, 6.07) is 7.85. The van der Waals surface area contributed by atoms with Gasteiger partial charge in [0.1, 0.15) is 13.2 Å². The van der Waals surface area contributed by atoms with E-state index in [2.05, 4.69) is 25.9 Å². The minimum absolute atomic E-state index is 0.0569. The normalized spacial score (nSPS) is 16.8. The van der Waals surface area contributed by atoms with Gasteiger partial charge in [0.05, 0.1) is 22.8 Å². The molecule has 31 heavy (non-hydrogen) atoms. The van der Waals surface area contributed by atoms with Gasteiger partial charge in [-0.3, -0.25) is 4.79 Å². The first-order valence-electron chi connectivity index (χ1n) is 11.1. The lowest BCUT2D eigenvalue weighted by molar-refractivity contribution is 0.0699. The number of fused-ring (bicyclic) bond motifs is 2. The van der Waals surface area contributed by atoms with E-state index < -0.39 is 0 Å². The lowest BCUT2D eigenvalue weighted by Gasteiger charge is -2.30. The number of pyridine rings is 1. The van der Waals surface area contributed by atoms with Crippen molar-refractivity contribution in [3.63, 3.8) is 0 Å². The third-order valence-corrected chi connectivity index (χ3v) is 6.20. The van der Waals surface area contributed by atoms with Crippen LogP contribution >= 0.6 is 0 Å². The highest BCUT2D eigenvalue weighted by Crippen LogP contribution is 2.35. The first kappa shape index (κ1) is 19.8. The molecule has 162 valence electrons. The molecule has 7 heteroatoms. The summed E-state index contributed by atoms with van der Waals surface area (Å²) in [5.41, 5.74) is 3.03. The number of rotatable bonds is 3. The van der Waals surface area contributed by atoms with Gasteiger partial charge in [-0.15, -0.1) is 0 Å². The Morgan fingerprint density at radius 2 is 1.84 bits per heavy atom. The zero-order valence-corrected chi connectivity index (χ0v) is 18.3. The summed E-state index contributed by atoms with van der Waals surface area (Å²) in [5.74, 6) is 2.17. The second-order valence-electron chi connectivity index (χ2n) is 8.81. The number of nitrogens with zero attached hydrogens (tertiary/aromatic N) is 4. The van der Waals surface area contributed by atoms with Gasteiger partial charge in [0.25, 0.3) is 5.91 Å². The Hall–Kier alpha value is -3.09. The molecule has 4 heterocycles. The molecule has 0 saturated carbocycles. The van der Waals surface area contributed by atoms with Crippen LogP contribution < -0.4 is 9.47 Å². The molecule has 1 saturated heterocycles. The number of amides is 1. The number of likely N-dealkylation sites (tertiary alicyclic amines) is 1. The minimum Gasteiger partial charge on any atom is -0.486 e. The van der Waals surface area contributed by atoms with Gasteiger partial charge in [-0.1, -0.05) is 6.92 Å². The van der Waals surface area contributed by atoms with Crippen molar-refractivity contribution >= 4 is 16.9 Å². The van der Waals surface area contributed by atoms with Gasteiger partial charge < -0.3 is 14.4 Å². The van der Waals surface area contributed by atoms with Crippen molar-refractivity contribution in [1.29, 1.82) is 0 Å². The van der Waals surface area contributed by atoms with E-state index in [1.165, 1.54) is 0 Å². The fraction of sp³-hybridized carbons (Fsp3) is 0.458. The van der Waals surface area contributed by atoms with Crippen molar-refractivity contribution in [3.05, 3.63) is 36.0 Å². The summed E-state index contributed by atoms with van der Waals surface area (Å²) in [4.78, 5) is 20.4. The fourth-order valence-electron chi connectivity index (χ4n) is 4.31. The zero-order valence-electron chi connectivity index (χ0n) is 18.3. The maximum atomic E-state index is 13.5. The summed E-state index contributed by atoms with van der Waals surface area (Å²) in [7, 11) is 0. The Labute approximate surface area is 182 Å². The molecule has 5 rings (SSSR count). The third kappa shape index (κ3) is 3.62. The molecule has 0 bridgehead atoms. The van der Waals surface area contributed by atoms with Crippen LogP contribution in [0.4, 0.5) is 0 Å². The van der Waals surface area contributed by atoms with Gasteiger partial charge in [-0.25, -0.2) is 9.67 Å². The van der Waals surface area contributed by atoms with Gasteiger partial charge in [0.15, 0.2) is 17.1 Å². The second kappa shape index (κ2) is 7.87. The number of aromatic nitrogens is 3. The standard InChI is InChI=1S/C24H28N4O3/c1-15(2)28-23-19(14-25-28)18(24(29)27-8-6-16(3)7-9-27)13-20(26-23)17-4-5-21-22(12-17)31-11-10-30-21/h4-5,12-16H,6-11H2,1-3H3. The van der Waals surface area contributed by atoms with Crippen LogP contribution in [0.2, 0.25) is 0 Å². The summed E-state index contributed by atoms with van der Waals surface area (Å²) in [6.07, 6.45) is 3.86. The number of piperidine rings is 1. The average Bonchev–Trinajstić information content (AvgIpc) is 3.22. The molecule has 1 fully saturated rings. The Balaban J connectivity index is 1.62. The second-order valence-corrected chi connectivity index (χ2v) is 8.81. The van der Waals surface area contributed by atoms with E-state index in [0.717, 1.165) is 54.0 Å². The first-order chi connectivity index (χ1) is 15.0. The van der Waals surface area contributed by atoms with Crippen LogP contribution in [-0.4, -0.2) is 51.9 Å².